The van der Waals surface area contributed by atoms with E-state index in [0.29, 0.717) is 16.4 Å². The molecule has 6 heteroatoms. The summed E-state index contributed by atoms with van der Waals surface area (Å²) >= 11 is 1.57. The average Bonchev–Trinajstić information content (AvgIpc) is 3.06. The van der Waals surface area contributed by atoms with Crippen LogP contribution in [-0.4, -0.2) is 20.4 Å². The van der Waals surface area contributed by atoms with Gasteiger partial charge in [0.05, 0.1) is 0 Å². The first kappa shape index (κ1) is 14.2. The molecule has 0 aliphatic carbocycles. The molecule has 0 spiro atoms. The predicted molar refractivity (Wildman–Crippen MR) is 82.9 cm³/mol. The fraction of sp³-hybridized carbons (Fsp3) is 0.333. The van der Waals surface area contributed by atoms with Crippen LogP contribution in [0.1, 0.15) is 31.3 Å². The van der Waals surface area contributed by atoms with E-state index in [1.807, 2.05) is 18.3 Å². The van der Waals surface area contributed by atoms with Crippen LogP contribution >= 0.6 is 11.8 Å². The first-order chi connectivity index (χ1) is 10.1. The monoisotopic (exact) mass is 303 g/mol. The summed E-state index contributed by atoms with van der Waals surface area (Å²) in [4.78, 5) is 3.28. The predicted octanol–water partition coefficient (Wildman–Crippen LogP) is 2.58. The van der Waals surface area contributed by atoms with Gasteiger partial charge in [-0.1, -0.05) is 43.8 Å². The molecule has 0 amide bonds. The van der Waals surface area contributed by atoms with Crippen LogP contribution in [-0.2, 0) is 6.42 Å². The molecule has 2 heterocycles. The minimum Gasteiger partial charge on any atom is -0.410 e. The van der Waals surface area contributed by atoms with Gasteiger partial charge in [0, 0.05) is 28.8 Å². The molecular formula is C15H19N4OS+. The number of rotatable bonds is 5. The van der Waals surface area contributed by atoms with Crippen molar-refractivity contribution in [1.29, 1.82) is 0 Å². The van der Waals surface area contributed by atoms with Crippen LogP contribution in [0, 0.1) is 0 Å². The van der Waals surface area contributed by atoms with Crippen LogP contribution < -0.4 is 5.73 Å². The molecular weight excluding hydrogens is 284 g/mol. The average molecular weight is 303 g/mol. The molecule has 2 aromatic heterocycles. The number of aromatic amines is 1. The molecule has 0 bridgehead atoms. The number of hydrogen-bond acceptors (Lipinski definition) is 4. The summed E-state index contributed by atoms with van der Waals surface area (Å²) in [6, 6.07) is 8.21. The molecule has 0 radical (unpaired) electrons. The smallest absolute Gasteiger partial charge is 0.277 e. The number of benzene rings is 1. The molecule has 0 fully saturated rings. The highest BCUT2D eigenvalue weighted by molar-refractivity contribution is 7.99. The number of thioether (sulfide) groups is 1. The summed E-state index contributed by atoms with van der Waals surface area (Å²) in [5.41, 5.74) is 6.53. The molecule has 0 aliphatic heterocycles. The first-order valence-electron chi connectivity index (χ1n) is 7.01. The Morgan fingerprint density at radius 1 is 1.29 bits per heavy atom. The minimum absolute atomic E-state index is 0.0433. The maximum atomic E-state index is 5.69. The largest absolute Gasteiger partial charge is 0.410 e. The van der Waals surface area contributed by atoms with Gasteiger partial charge in [0.15, 0.2) is 6.04 Å². The third kappa shape index (κ3) is 3.11. The Bertz CT molecular complexity index is 734. The summed E-state index contributed by atoms with van der Waals surface area (Å²) in [6.07, 6.45) is 2.81. The fourth-order valence-corrected chi connectivity index (χ4v) is 2.91. The molecule has 0 saturated heterocycles. The lowest BCUT2D eigenvalue weighted by molar-refractivity contribution is -0.431. The van der Waals surface area contributed by atoms with E-state index in [9.17, 15) is 0 Å². The van der Waals surface area contributed by atoms with Crippen molar-refractivity contribution in [3.05, 3.63) is 41.9 Å². The Labute approximate surface area is 127 Å². The molecule has 3 rings (SSSR count). The van der Waals surface area contributed by atoms with Crippen LogP contribution in [0.5, 0.6) is 0 Å². The number of fused-ring (bicyclic) bond motifs is 1. The molecule has 110 valence electrons. The summed E-state index contributed by atoms with van der Waals surface area (Å²) in [5, 5.41) is 10.5. The van der Waals surface area contributed by atoms with E-state index < -0.39 is 0 Å². The highest BCUT2D eigenvalue weighted by Crippen LogP contribution is 2.25. The topological polar surface area (TPSA) is 82.4 Å². The van der Waals surface area contributed by atoms with Crippen LogP contribution in [0.4, 0.5) is 0 Å². The SMILES string of the molecule is CC(C)Sc1nnc([C@@H]([NH3+])Cc2c[nH]c3ccccc23)o1. The molecule has 0 saturated carbocycles. The third-order valence-corrected chi connectivity index (χ3v) is 4.09. The van der Waals surface area contributed by atoms with E-state index in [1.54, 1.807) is 11.8 Å². The molecule has 0 unspecified atom stereocenters. The van der Waals surface area contributed by atoms with E-state index >= 15 is 0 Å². The van der Waals surface area contributed by atoms with Crippen molar-refractivity contribution in [2.24, 2.45) is 0 Å². The Kier molecular flexibility index (Phi) is 3.98. The van der Waals surface area contributed by atoms with Gasteiger partial charge in [-0.05, 0) is 11.6 Å². The van der Waals surface area contributed by atoms with Gasteiger partial charge in [0.1, 0.15) is 0 Å². The highest BCUT2D eigenvalue weighted by Gasteiger charge is 2.20. The quantitative estimate of drug-likeness (QED) is 0.710. The second kappa shape index (κ2) is 5.91. The first-order valence-corrected chi connectivity index (χ1v) is 7.89. The molecule has 1 aromatic carbocycles. The number of H-pyrrole nitrogens is 1. The zero-order valence-electron chi connectivity index (χ0n) is 12.2. The van der Waals surface area contributed by atoms with Gasteiger partial charge in [-0.15, -0.1) is 10.2 Å². The maximum Gasteiger partial charge on any atom is 0.277 e. The lowest BCUT2D eigenvalue weighted by Crippen LogP contribution is -2.54. The molecule has 4 N–H and O–H groups in total. The third-order valence-electron chi connectivity index (χ3n) is 3.25. The van der Waals surface area contributed by atoms with Gasteiger partial charge in [0.2, 0.25) is 0 Å². The lowest BCUT2D eigenvalue weighted by Gasteiger charge is -2.03. The van der Waals surface area contributed by atoms with Gasteiger partial charge in [-0.25, -0.2) is 0 Å². The van der Waals surface area contributed by atoms with Gasteiger partial charge >= 0.3 is 0 Å². The summed E-state index contributed by atoms with van der Waals surface area (Å²) < 4.78 is 5.69. The van der Waals surface area contributed by atoms with Crippen LogP contribution in [0.25, 0.3) is 10.9 Å². The second-order valence-corrected chi connectivity index (χ2v) is 6.86. The summed E-state index contributed by atoms with van der Waals surface area (Å²) in [5.74, 6) is 0.600. The van der Waals surface area contributed by atoms with Crippen molar-refractivity contribution < 1.29 is 10.2 Å². The standard InChI is InChI=1S/C15H18N4OS/c1-9(2)21-15-19-18-14(20-15)12(16)7-10-8-17-13-6-4-3-5-11(10)13/h3-6,8-9,12,17H,7,16H2,1-2H3/p+1/t12-/m0/s1. The van der Waals surface area contributed by atoms with Crippen LogP contribution in [0.3, 0.4) is 0 Å². The van der Waals surface area contributed by atoms with E-state index in [-0.39, 0.29) is 6.04 Å². The minimum atomic E-state index is -0.0433. The van der Waals surface area contributed by atoms with E-state index in [0.717, 1.165) is 11.9 Å². The number of nitrogens with zero attached hydrogens (tertiary/aromatic N) is 2. The number of para-hydroxylation sites is 1. The van der Waals surface area contributed by atoms with Crippen LogP contribution in [0.15, 0.2) is 40.1 Å². The van der Waals surface area contributed by atoms with Crippen molar-refractivity contribution in [3.8, 4) is 0 Å². The lowest BCUT2D eigenvalue weighted by atomic mass is 10.1. The molecule has 5 nitrogen and oxygen atoms in total. The Hall–Kier alpha value is -1.79. The van der Waals surface area contributed by atoms with Gasteiger partial charge in [0.25, 0.3) is 11.1 Å². The fourth-order valence-electron chi connectivity index (χ4n) is 2.29. The molecule has 21 heavy (non-hydrogen) atoms. The molecule has 0 aliphatic rings. The van der Waals surface area contributed by atoms with E-state index in [2.05, 4.69) is 46.9 Å². The zero-order valence-corrected chi connectivity index (χ0v) is 13.0. The maximum absolute atomic E-state index is 5.69. The van der Waals surface area contributed by atoms with Crippen molar-refractivity contribution in [2.45, 2.75) is 36.8 Å². The summed E-state index contributed by atoms with van der Waals surface area (Å²) in [6.45, 7) is 4.20. The van der Waals surface area contributed by atoms with Crippen molar-refractivity contribution in [1.82, 2.24) is 15.2 Å². The van der Waals surface area contributed by atoms with E-state index in [1.165, 1.54) is 10.9 Å². The molecule has 1 atom stereocenters. The Morgan fingerprint density at radius 3 is 2.90 bits per heavy atom. The number of nitrogens with one attached hydrogen (secondary N) is 1. The molecule has 3 aromatic rings. The van der Waals surface area contributed by atoms with Gasteiger partial charge in [-0.3, -0.25) is 0 Å². The van der Waals surface area contributed by atoms with Gasteiger partial charge in [-0.2, -0.15) is 0 Å². The van der Waals surface area contributed by atoms with Crippen molar-refractivity contribution in [3.63, 3.8) is 0 Å². The number of quaternary nitrogens is 1. The summed E-state index contributed by atoms with van der Waals surface area (Å²) in [7, 11) is 0. The van der Waals surface area contributed by atoms with E-state index in [4.69, 9.17) is 4.42 Å². The number of hydrogen-bond donors (Lipinski definition) is 2. The Balaban J connectivity index is 1.76. The van der Waals surface area contributed by atoms with Crippen molar-refractivity contribution >= 4 is 22.7 Å². The second-order valence-electron chi connectivity index (χ2n) is 5.33. The van der Waals surface area contributed by atoms with Crippen LogP contribution in [0.2, 0.25) is 0 Å². The highest BCUT2D eigenvalue weighted by atomic mass is 32.2. The number of aromatic nitrogens is 3. The van der Waals surface area contributed by atoms with Gasteiger partial charge < -0.3 is 15.1 Å². The van der Waals surface area contributed by atoms with Crippen molar-refractivity contribution in [2.75, 3.05) is 0 Å². The Morgan fingerprint density at radius 2 is 2.10 bits per heavy atom. The zero-order chi connectivity index (χ0) is 14.8. The normalized spacial score (nSPS) is 13.1.